The molecule has 7 heteroatoms. The zero-order chi connectivity index (χ0) is 15.5. The maximum Gasteiger partial charge on any atom is 0.293 e. The number of aromatic nitrogens is 3. The van der Waals surface area contributed by atoms with Crippen molar-refractivity contribution in [2.24, 2.45) is 5.10 Å². The summed E-state index contributed by atoms with van der Waals surface area (Å²) in [7, 11) is 1.59. The molecule has 6 nitrogen and oxygen atoms in total. The number of methoxy groups -OCH3 is 1. The molecule has 0 saturated heterocycles. The van der Waals surface area contributed by atoms with Gasteiger partial charge < -0.3 is 4.74 Å². The minimum absolute atomic E-state index is 0.128. The lowest BCUT2D eigenvalue weighted by Gasteiger charge is -2.08. The van der Waals surface area contributed by atoms with E-state index in [1.165, 1.54) is 0 Å². The summed E-state index contributed by atoms with van der Waals surface area (Å²) in [5.41, 5.74) is 0.373. The molecule has 22 heavy (non-hydrogen) atoms. The Hall–Kier alpha value is -2.80. The van der Waals surface area contributed by atoms with Crippen molar-refractivity contribution in [1.82, 2.24) is 14.9 Å². The van der Waals surface area contributed by atoms with E-state index < -0.39 is 5.56 Å². The molecule has 0 bridgehead atoms. The molecule has 3 rings (SSSR count). The van der Waals surface area contributed by atoms with E-state index in [9.17, 15) is 4.79 Å². The molecule has 0 saturated carbocycles. The van der Waals surface area contributed by atoms with Crippen LogP contribution in [0, 0.1) is 4.77 Å². The van der Waals surface area contributed by atoms with Crippen molar-refractivity contribution in [3.8, 4) is 5.75 Å². The summed E-state index contributed by atoms with van der Waals surface area (Å²) in [4.78, 5) is 11.7. The molecule has 1 heterocycles. The van der Waals surface area contributed by atoms with Crippen molar-refractivity contribution in [3.05, 3.63) is 63.3 Å². The van der Waals surface area contributed by atoms with Gasteiger partial charge in [0.2, 0.25) is 4.77 Å². The van der Waals surface area contributed by atoms with Crippen molar-refractivity contribution >= 4 is 29.2 Å². The molecule has 0 aliphatic carbocycles. The van der Waals surface area contributed by atoms with Crippen LogP contribution >= 0.6 is 12.2 Å². The van der Waals surface area contributed by atoms with Crippen molar-refractivity contribution in [2.75, 3.05) is 7.11 Å². The molecule has 0 aliphatic rings. The Balaban J connectivity index is 2.20. The normalized spacial score (nSPS) is 11.1. The topological polar surface area (TPSA) is 72.3 Å². The average Bonchev–Trinajstić information content (AvgIpc) is 2.54. The predicted molar refractivity (Wildman–Crippen MR) is 87.2 cm³/mol. The standard InChI is InChI=1S/C15H12N4O2S/c1-21-13-7-6-10-4-2-3-5-11(10)12(13)8-17-19-14(20)9-16-18-15(19)22/h2-9H,1H3,(H,18,22)/b17-8-. The molecule has 0 spiro atoms. The molecule has 0 radical (unpaired) electrons. The van der Waals surface area contributed by atoms with Crippen LogP contribution in [0.2, 0.25) is 0 Å². The summed E-state index contributed by atoms with van der Waals surface area (Å²) in [6.45, 7) is 0. The molecule has 3 aromatic rings. The first kappa shape index (κ1) is 14.2. The molecule has 0 atom stereocenters. The van der Waals surface area contributed by atoms with Gasteiger partial charge in [-0.3, -0.25) is 9.89 Å². The zero-order valence-corrected chi connectivity index (χ0v) is 12.5. The van der Waals surface area contributed by atoms with Crippen molar-refractivity contribution in [3.63, 3.8) is 0 Å². The highest BCUT2D eigenvalue weighted by atomic mass is 32.1. The van der Waals surface area contributed by atoms with E-state index in [1.54, 1.807) is 13.3 Å². The lowest BCUT2D eigenvalue weighted by molar-refractivity contribution is 0.415. The van der Waals surface area contributed by atoms with Crippen LogP contribution < -0.4 is 10.3 Å². The Bertz CT molecular complexity index is 947. The van der Waals surface area contributed by atoms with E-state index in [2.05, 4.69) is 15.3 Å². The number of aromatic amines is 1. The van der Waals surface area contributed by atoms with Gasteiger partial charge in [0.1, 0.15) is 11.9 Å². The maximum atomic E-state index is 11.7. The predicted octanol–water partition coefficient (Wildman–Crippen LogP) is 2.34. The van der Waals surface area contributed by atoms with E-state index >= 15 is 0 Å². The molecule has 0 unspecified atom stereocenters. The van der Waals surface area contributed by atoms with Crippen molar-refractivity contribution < 1.29 is 4.74 Å². The van der Waals surface area contributed by atoms with Crippen LogP contribution in [-0.2, 0) is 0 Å². The van der Waals surface area contributed by atoms with Crippen LogP contribution in [0.5, 0.6) is 5.75 Å². The van der Waals surface area contributed by atoms with Gasteiger partial charge in [-0.05, 0) is 29.1 Å². The summed E-state index contributed by atoms with van der Waals surface area (Å²) in [6, 6.07) is 11.7. The second kappa shape index (κ2) is 5.90. The highest BCUT2D eigenvalue weighted by Crippen LogP contribution is 2.26. The maximum absolute atomic E-state index is 11.7. The molecular formula is C15H12N4O2S. The fourth-order valence-electron chi connectivity index (χ4n) is 2.16. The van der Waals surface area contributed by atoms with Gasteiger partial charge in [0.15, 0.2) is 0 Å². The Morgan fingerprint density at radius 3 is 2.91 bits per heavy atom. The van der Waals surface area contributed by atoms with Gasteiger partial charge in [0, 0.05) is 5.56 Å². The lowest BCUT2D eigenvalue weighted by atomic mass is 10.0. The van der Waals surface area contributed by atoms with Gasteiger partial charge in [0.25, 0.3) is 5.56 Å². The second-order valence-corrected chi connectivity index (χ2v) is 4.86. The summed E-state index contributed by atoms with van der Waals surface area (Å²) in [5, 5.41) is 12.3. The van der Waals surface area contributed by atoms with Crippen LogP contribution in [0.25, 0.3) is 10.8 Å². The van der Waals surface area contributed by atoms with Crippen LogP contribution in [0.15, 0.2) is 52.5 Å². The molecule has 110 valence electrons. The third kappa shape index (κ3) is 2.53. The Labute approximate surface area is 130 Å². The lowest BCUT2D eigenvalue weighted by Crippen LogP contribution is -2.18. The van der Waals surface area contributed by atoms with Crippen LogP contribution in [-0.4, -0.2) is 28.2 Å². The number of fused-ring (bicyclic) bond motifs is 1. The fraction of sp³-hybridized carbons (Fsp3) is 0.0667. The number of H-pyrrole nitrogens is 1. The van der Waals surface area contributed by atoms with Gasteiger partial charge in [0.05, 0.1) is 13.3 Å². The monoisotopic (exact) mass is 312 g/mol. The van der Waals surface area contributed by atoms with Gasteiger partial charge in [-0.25, -0.2) is 0 Å². The van der Waals surface area contributed by atoms with Gasteiger partial charge in [-0.1, -0.05) is 30.3 Å². The Morgan fingerprint density at radius 1 is 1.32 bits per heavy atom. The number of ether oxygens (including phenoxy) is 1. The first-order chi connectivity index (χ1) is 10.7. The zero-order valence-electron chi connectivity index (χ0n) is 11.7. The SMILES string of the molecule is COc1ccc2ccccc2c1/C=N\n1c(=O)cn[nH]c1=S. The van der Waals surface area contributed by atoms with Crippen molar-refractivity contribution in [2.45, 2.75) is 0 Å². The third-order valence-corrected chi connectivity index (χ3v) is 3.45. The molecule has 2 aromatic carbocycles. The molecule has 1 aromatic heterocycles. The quantitative estimate of drug-likeness (QED) is 0.595. The summed E-state index contributed by atoms with van der Waals surface area (Å²) >= 11 is 5.01. The van der Waals surface area contributed by atoms with E-state index in [0.29, 0.717) is 5.75 Å². The van der Waals surface area contributed by atoms with Gasteiger partial charge in [-0.15, -0.1) is 0 Å². The number of rotatable bonds is 3. The number of nitrogens with one attached hydrogen (secondary N) is 1. The average molecular weight is 312 g/mol. The van der Waals surface area contributed by atoms with Crippen molar-refractivity contribution in [1.29, 1.82) is 0 Å². The van der Waals surface area contributed by atoms with Crippen LogP contribution in [0.4, 0.5) is 0 Å². The molecule has 0 fully saturated rings. The smallest absolute Gasteiger partial charge is 0.293 e. The van der Waals surface area contributed by atoms with E-state index in [-0.39, 0.29) is 4.77 Å². The third-order valence-electron chi connectivity index (χ3n) is 3.19. The summed E-state index contributed by atoms with van der Waals surface area (Å²) in [6.07, 6.45) is 2.68. The fourth-order valence-corrected chi connectivity index (χ4v) is 2.35. The minimum Gasteiger partial charge on any atom is -0.496 e. The second-order valence-electron chi connectivity index (χ2n) is 4.47. The minimum atomic E-state index is -0.404. The van der Waals surface area contributed by atoms with E-state index in [0.717, 1.165) is 27.2 Å². The van der Waals surface area contributed by atoms with E-state index in [4.69, 9.17) is 17.0 Å². The number of nitrogens with zero attached hydrogens (tertiary/aromatic N) is 3. The molecule has 0 amide bonds. The largest absolute Gasteiger partial charge is 0.496 e. The van der Waals surface area contributed by atoms with E-state index in [1.807, 2.05) is 36.4 Å². The first-order valence-electron chi connectivity index (χ1n) is 6.47. The Morgan fingerprint density at radius 2 is 2.14 bits per heavy atom. The number of hydrogen-bond acceptors (Lipinski definition) is 5. The van der Waals surface area contributed by atoms with Gasteiger partial charge in [-0.2, -0.15) is 14.9 Å². The number of hydrogen-bond donors (Lipinski definition) is 1. The highest BCUT2D eigenvalue weighted by Gasteiger charge is 2.06. The summed E-state index contributed by atoms with van der Waals surface area (Å²) < 4.78 is 6.58. The summed E-state index contributed by atoms with van der Waals surface area (Å²) in [5.74, 6) is 0.666. The first-order valence-corrected chi connectivity index (χ1v) is 6.88. The highest BCUT2D eigenvalue weighted by molar-refractivity contribution is 7.71. The molecular weight excluding hydrogens is 300 g/mol. The van der Waals surface area contributed by atoms with Gasteiger partial charge >= 0.3 is 0 Å². The number of benzene rings is 2. The molecule has 0 aliphatic heterocycles. The van der Waals surface area contributed by atoms with Crippen LogP contribution in [0.1, 0.15) is 5.56 Å². The Kier molecular flexibility index (Phi) is 3.80. The van der Waals surface area contributed by atoms with Crippen LogP contribution in [0.3, 0.4) is 0 Å². The molecule has 1 N–H and O–H groups in total.